The largest absolute Gasteiger partial charge is 0.508 e. The monoisotopic (exact) mass is 984 g/mol. The SMILES string of the molecule is CNCc1cc(O)cc(C23CCC45CC67CCCC8CCCCC8C(CC(O)C8OC8(C)C8CCCC8c8cccc(N)c8)C8=C(CCC6C(C)(C2)C4C(C)(CCCCC(C)(O)CN5)C3=O)C7(C)CC8=O)c1. The lowest BCUT2D eigenvalue weighted by Gasteiger charge is -2.74. The zero-order chi connectivity index (χ0) is 50.4. The summed E-state index contributed by atoms with van der Waals surface area (Å²) in [6, 6.07) is 14.4. The lowest BCUT2D eigenvalue weighted by Crippen LogP contribution is -2.76. The molecule has 0 amide bonds. The summed E-state index contributed by atoms with van der Waals surface area (Å²) in [5, 5.41) is 44.0. The van der Waals surface area contributed by atoms with Crippen molar-refractivity contribution >= 4 is 17.3 Å². The van der Waals surface area contributed by atoms with Gasteiger partial charge in [-0.15, -0.1) is 0 Å². The highest BCUT2D eigenvalue weighted by atomic mass is 16.6. The zero-order valence-electron chi connectivity index (χ0n) is 44.9. The number of aromatic hydroxyl groups is 1. The maximum absolute atomic E-state index is 16.3. The number of benzene rings is 2. The fourth-order valence-electron chi connectivity index (χ4n) is 21.5. The first kappa shape index (κ1) is 49.8. The van der Waals surface area contributed by atoms with E-state index in [1.54, 1.807) is 0 Å². The minimum atomic E-state index is -0.888. The number of nitrogen functional groups attached to an aromatic ring is 1. The van der Waals surface area contributed by atoms with Gasteiger partial charge in [0.15, 0.2) is 5.78 Å². The highest BCUT2D eigenvalue weighted by Gasteiger charge is 2.79. The van der Waals surface area contributed by atoms with E-state index < -0.39 is 33.7 Å². The molecule has 13 rings (SSSR count). The second kappa shape index (κ2) is 17.2. The number of epoxide rings is 1. The number of β-amino-alcohol motifs (C(OH)–C–C–N with tert-alkyl or cyclic N) is 1. The normalized spacial score (nSPS) is 47.1. The van der Waals surface area contributed by atoms with E-state index in [-0.39, 0.29) is 45.9 Å². The van der Waals surface area contributed by atoms with E-state index in [1.165, 1.54) is 30.4 Å². The maximum Gasteiger partial charge on any atom is 0.160 e. The molecule has 7 saturated carbocycles. The first-order valence-electron chi connectivity index (χ1n) is 29.2. The van der Waals surface area contributed by atoms with Gasteiger partial charge < -0.3 is 36.4 Å². The molecule has 17 unspecified atom stereocenters. The summed E-state index contributed by atoms with van der Waals surface area (Å²) >= 11 is 0. The summed E-state index contributed by atoms with van der Waals surface area (Å²) in [7, 11) is 1.94. The van der Waals surface area contributed by atoms with Crippen molar-refractivity contribution in [3.8, 4) is 5.75 Å². The van der Waals surface area contributed by atoms with Crippen LogP contribution in [-0.4, -0.2) is 69.4 Å². The third-order valence-corrected chi connectivity index (χ3v) is 23.9. The number of aliphatic hydroxyl groups excluding tert-OH is 1. The number of nitrogens with two attached hydrogens (primary N) is 1. The van der Waals surface area contributed by atoms with E-state index >= 15 is 9.59 Å². The number of phenols is 1. The summed E-state index contributed by atoms with van der Waals surface area (Å²) in [5.41, 5.74) is 8.85. The first-order valence-corrected chi connectivity index (χ1v) is 29.2. The number of allylic oxidation sites excluding steroid dienone is 2. The van der Waals surface area contributed by atoms with E-state index in [1.807, 2.05) is 32.2 Å². The van der Waals surface area contributed by atoms with Crippen molar-refractivity contribution in [2.75, 3.05) is 19.3 Å². The van der Waals surface area contributed by atoms with Gasteiger partial charge in [-0.25, -0.2) is 0 Å². The van der Waals surface area contributed by atoms with Crippen LogP contribution in [0.4, 0.5) is 5.69 Å². The Morgan fingerprint density at radius 2 is 1.65 bits per heavy atom. The Labute approximate surface area is 431 Å². The number of aliphatic hydroxyl groups is 2. The highest BCUT2D eigenvalue weighted by molar-refractivity contribution is 6.01. The first-order chi connectivity index (χ1) is 34.3. The van der Waals surface area contributed by atoms with Crippen molar-refractivity contribution < 1.29 is 29.6 Å². The molecular formula is C63H89N3O6. The number of anilines is 1. The summed E-state index contributed by atoms with van der Waals surface area (Å²) in [6.45, 7) is 12.8. The molecule has 0 radical (unpaired) electrons. The standard InChI is InChI=1S/C63H89N3O6/c1-56(71)23-9-10-24-57(2)54-58(3)35-61(55(57)70,41-28-38(34-65-6)29-43(67)31-41)26-27-63(54,66-37-56)36-62-25-13-16-39-14-7-8-18-44(39)46(52-48(21-22-51(58)62)59(62,4)33-50(52)69)32-49(68)53-60(5,72-53)47-20-12-19-45(47)40-15-11-17-42(64)30-40/h11,15,17,28-31,39,44-47,49,51,53-54,65-68,71H,7-10,12-14,16,18-27,32-37,64H2,1-6H3. The van der Waals surface area contributed by atoms with Crippen LogP contribution < -0.4 is 16.4 Å². The number of ether oxygens (including phenoxy) is 1. The molecule has 17 atom stereocenters. The van der Waals surface area contributed by atoms with Crippen molar-refractivity contribution in [1.29, 1.82) is 0 Å². The summed E-state index contributed by atoms with van der Waals surface area (Å²) in [5.74, 6) is 2.79. The second-order valence-corrected chi connectivity index (χ2v) is 27.9. The van der Waals surface area contributed by atoms with Crippen LogP contribution in [0.3, 0.4) is 0 Å². The van der Waals surface area contributed by atoms with E-state index in [0.717, 1.165) is 119 Å². The molecule has 72 heavy (non-hydrogen) atoms. The minimum absolute atomic E-state index is 0.00215. The summed E-state index contributed by atoms with van der Waals surface area (Å²) in [4.78, 5) is 32.0. The number of hydrogen-bond donors (Lipinski definition) is 6. The van der Waals surface area contributed by atoms with Crippen molar-refractivity contribution in [3.63, 3.8) is 0 Å². The van der Waals surface area contributed by atoms with Crippen molar-refractivity contribution in [2.24, 2.45) is 57.2 Å². The van der Waals surface area contributed by atoms with Crippen molar-refractivity contribution in [3.05, 3.63) is 70.3 Å². The lowest BCUT2D eigenvalue weighted by atomic mass is 9.30. The molecule has 7 N–H and O–H groups in total. The molecule has 9 aliphatic carbocycles. The number of carbonyl (C=O) groups is 2. The number of Topliss-reactive ketones (excluding diaryl/α,β-unsaturated/α-hetero) is 2. The number of rotatable bonds is 8. The zero-order valence-corrected chi connectivity index (χ0v) is 44.9. The van der Waals surface area contributed by atoms with Crippen LogP contribution in [0.1, 0.15) is 198 Å². The van der Waals surface area contributed by atoms with Gasteiger partial charge in [0, 0.05) is 41.6 Å². The molecule has 1 spiro atoms. The fourth-order valence-corrected chi connectivity index (χ4v) is 21.5. The number of phenolic OH excluding ortho intramolecular Hbond substituents is 1. The molecule has 0 aromatic heterocycles. The predicted octanol–water partition coefficient (Wildman–Crippen LogP) is 11.2. The smallest absolute Gasteiger partial charge is 0.160 e. The van der Waals surface area contributed by atoms with E-state index in [0.29, 0.717) is 74.0 Å². The average Bonchev–Trinajstić information content (AvgIpc) is 3.68. The molecule has 2 aromatic carbocycles. The Morgan fingerprint density at radius 3 is 2.46 bits per heavy atom. The predicted molar refractivity (Wildman–Crippen MR) is 283 cm³/mol. The Kier molecular flexibility index (Phi) is 11.9. The Bertz CT molecular complexity index is 2540. The van der Waals surface area contributed by atoms with Crippen molar-refractivity contribution in [2.45, 2.75) is 223 Å². The number of hydrogen-bond acceptors (Lipinski definition) is 9. The highest BCUT2D eigenvalue weighted by Crippen LogP contribution is 2.81. The van der Waals surface area contributed by atoms with Gasteiger partial charge in [0.05, 0.1) is 22.7 Å². The topological polar surface area (TPSA) is 157 Å². The molecule has 9 heteroatoms. The van der Waals surface area contributed by atoms with Gasteiger partial charge in [0.2, 0.25) is 0 Å². The number of nitrogens with one attached hydrogen (secondary N) is 2. The summed E-state index contributed by atoms with van der Waals surface area (Å²) in [6.07, 6.45) is 19.8. The van der Waals surface area contributed by atoms with Gasteiger partial charge in [0.25, 0.3) is 0 Å². The van der Waals surface area contributed by atoms with Gasteiger partial charge >= 0.3 is 0 Å². The van der Waals surface area contributed by atoms with E-state index in [9.17, 15) is 15.3 Å². The molecule has 9 bridgehead atoms. The molecule has 2 aromatic rings. The van der Waals surface area contributed by atoms with Crippen LogP contribution in [0.2, 0.25) is 0 Å². The quantitative estimate of drug-likeness (QED) is 0.112. The lowest BCUT2D eigenvalue weighted by molar-refractivity contribution is -0.226. The third-order valence-electron chi connectivity index (χ3n) is 23.9. The molecule has 9 nitrogen and oxygen atoms in total. The molecule has 2 heterocycles. The maximum atomic E-state index is 16.3. The molecule has 9 fully saturated rings. The van der Waals surface area contributed by atoms with Crippen LogP contribution >= 0.6 is 0 Å². The number of ketones is 2. The Morgan fingerprint density at radius 1 is 0.861 bits per heavy atom. The van der Waals surface area contributed by atoms with Crippen LogP contribution in [0, 0.1) is 57.2 Å². The molecular weight excluding hydrogens is 895 g/mol. The van der Waals surface area contributed by atoms with Gasteiger partial charge in [-0.1, -0.05) is 95.9 Å². The van der Waals surface area contributed by atoms with Crippen LogP contribution in [0.25, 0.3) is 0 Å². The van der Waals surface area contributed by atoms with Gasteiger partial charge in [-0.2, -0.15) is 0 Å². The van der Waals surface area contributed by atoms with Crippen LogP contribution in [0.15, 0.2) is 53.6 Å². The second-order valence-electron chi connectivity index (χ2n) is 27.9. The van der Waals surface area contributed by atoms with Crippen LogP contribution in [-0.2, 0) is 26.3 Å². The van der Waals surface area contributed by atoms with Gasteiger partial charge in [0.1, 0.15) is 17.6 Å². The molecule has 11 aliphatic rings. The van der Waals surface area contributed by atoms with Gasteiger partial charge in [-0.3, -0.25) is 9.59 Å². The van der Waals surface area contributed by atoms with E-state index in [2.05, 4.69) is 62.6 Å². The fraction of sp³-hybridized carbons (Fsp3) is 0.746. The molecule has 392 valence electrons. The number of carbonyl (C=O) groups excluding carboxylic acids is 2. The van der Waals surface area contributed by atoms with Crippen molar-refractivity contribution in [1.82, 2.24) is 10.6 Å². The minimum Gasteiger partial charge on any atom is -0.508 e. The van der Waals surface area contributed by atoms with Crippen LogP contribution in [0.5, 0.6) is 5.75 Å². The number of fused-ring (bicyclic) bond motifs is 2. The average molecular weight is 984 g/mol. The third kappa shape index (κ3) is 7.20. The molecule has 2 aliphatic heterocycles. The Hall–Kier alpha value is -3.08. The molecule has 2 saturated heterocycles. The summed E-state index contributed by atoms with van der Waals surface area (Å²) < 4.78 is 6.80. The van der Waals surface area contributed by atoms with E-state index in [4.69, 9.17) is 10.5 Å². The Balaban J connectivity index is 0.976. The van der Waals surface area contributed by atoms with Gasteiger partial charge in [-0.05, 0) is 203 Å².